The van der Waals surface area contributed by atoms with Gasteiger partial charge in [-0.1, -0.05) is 97.1 Å². The normalized spacial score (nSPS) is 21.7. The molecule has 294 valence electrons. The molecule has 0 saturated carbocycles. The molecular weight excluding hydrogens is 747 g/mol. The maximum atomic E-state index is 15.3. The predicted molar refractivity (Wildman–Crippen MR) is 223 cm³/mol. The van der Waals surface area contributed by atoms with Gasteiger partial charge in [0.05, 0.1) is 47.8 Å². The number of fused-ring (bicyclic) bond motifs is 4. The fraction of sp³-hybridized carbons (Fsp3) is 0.261. The summed E-state index contributed by atoms with van der Waals surface area (Å²) in [6, 6.07) is 39.9. The molecule has 5 atom stereocenters. The van der Waals surface area contributed by atoms with Crippen LogP contribution in [0.3, 0.4) is 0 Å². The quantitative estimate of drug-likeness (QED) is 0.134. The molecule has 11 nitrogen and oxygen atoms in total. The number of aliphatic hydroxyl groups excluding tert-OH is 1. The molecule has 1 saturated heterocycles. The van der Waals surface area contributed by atoms with Crippen molar-refractivity contribution in [3.63, 3.8) is 0 Å². The van der Waals surface area contributed by atoms with Gasteiger partial charge in [-0.3, -0.25) is 19.2 Å². The Kier molecular flexibility index (Phi) is 9.60. The van der Waals surface area contributed by atoms with Crippen molar-refractivity contribution >= 4 is 37.2 Å². The van der Waals surface area contributed by atoms with Gasteiger partial charge in [0.25, 0.3) is 11.8 Å². The number of amides is 2. The molecule has 2 N–H and O–H groups in total. The molecule has 12 heteroatoms. The first-order valence-corrected chi connectivity index (χ1v) is 22.8. The summed E-state index contributed by atoms with van der Waals surface area (Å²) in [4.78, 5) is 45.3. The van der Waals surface area contributed by atoms with Gasteiger partial charge in [-0.05, 0) is 73.1 Å². The number of aryl methyl sites for hydroxylation is 1. The molecule has 0 radical (unpaired) electrons. The fourth-order valence-electron chi connectivity index (χ4n) is 9.36. The number of nitrogens with zero attached hydrogens (tertiary/aromatic N) is 5. The summed E-state index contributed by atoms with van der Waals surface area (Å²) >= 11 is 0. The smallest absolute Gasteiger partial charge is 0.266 e. The molecule has 3 aliphatic rings. The van der Waals surface area contributed by atoms with Gasteiger partial charge in [0.15, 0.2) is 19.7 Å². The number of anilines is 3. The lowest BCUT2D eigenvalue weighted by molar-refractivity contribution is -0.146. The summed E-state index contributed by atoms with van der Waals surface area (Å²) in [5, 5.41) is 19.1. The van der Waals surface area contributed by atoms with Gasteiger partial charge in [0.2, 0.25) is 0 Å². The molecule has 4 heterocycles. The molecule has 3 aliphatic heterocycles. The zero-order valence-corrected chi connectivity index (χ0v) is 33.6. The van der Waals surface area contributed by atoms with E-state index in [1.807, 2.05) is 141 Å². The zero-order chi connectivity index (χ0) is 40.2. The van der Waals surface area contributed by atoms with Crippen molar-refractivity contribution in [3.05, 3.63) is 162 Å². The molecule has 1 spiro atoms. The third-order valence-electron chi connectivity index (χ3n) is 12.0. The lowest BCUT2D eigenvalue weighted by Gasteiger charge is -2.32. The van der Waals surface area contributed by atoms with E-state index in [-0.39, 0.29) is 29.9 Å². The highest BCUT2D eigenvalue weighted by Gasteiger charge is 2.66. The van der Waals surface area contributed by atoms with E-state index in [0.717, 1.165) is 11.1 Å². The highest BCUT2D eigenvalue weighted by atomic mass is 28.4. The van der Waals surface area contributed by atoms with E-state index >= 15 is 4.79 Å². The molecule has 0 aliphatic carbocycles. The third-order valence-corrected chi connectivity index (χ3v) is 14.5. The Morgan fingerprint density at radius 3 is 2.28 bits per heavy atom. The van der Waals surface area contributed by atoms with Crippen LogP contribution >= 0.6 is 0 Å². The minimum Gasteiger partial charge on any atom is -0.454 e. The second kappa shape index (κ2) is 14.8. The first-order valence-electron chi connectivity index (χ1n) is 19.7. The zero-order valence-electron chi connectivity index (χ0n) is 32.6. The lowest BCUT2D eigenvalue weighted by Crippen LogP contribution is -2.46. The Morgan fingerprint density at radius 1 is 0.845 bits per heavy atom. The molecule has 1 unspecified atom stereocenters. The Labute approximate surface area is 338 Å². The van der Waals surface area contributed by atoms with Crippen molar-refractivity contribution in [2.75, 3.05) is 16.4 Å². The monoisotopic (exact) mass is 791 g/mol. The van der Waals surface area contributed by atoms with E-state index in [0.29, 0.717) is 64.9 Å². The second-order valence-electron chi connectivity index (χ2n) is 16.0. The largest absolute Gasteiger partial charge is 0.454 e. The number of hydrogen-bond acceptors (Lipinski definition) is 8. The van der Waals surface area contributed by atoms with Gasteiger partial charge in [-0.25, -0.2) is 0 Å². The van der Waals surface area contributed by atoms with Gasteiger partial charge in [0, 0.05) is 35.5 Å². The van der Waals surface area contributed by atoms with Crippen LogP contribution in [0.5, 0.6) is 11.5 Å². The summed E-state index contributed by atoms with van der Waals surface area (Å²) in [7, 11) is -3.00. The second-order valence-corrected chi connectivity index (χ2v) is 20.0. The molecule has 6 aromatic rings. The van der Waals surface area contributed by atoms with E-state index in [4.69, 9.17) is 9.47 Å². The summed E-state index contributed by atoms with van der Waals surface area (Å²) in [5.74, 6) is -0.215. The number of para-hydroxylation sites is 3. The first kappa shape index (κ1) is 37.6. The average Bonchev–Trinajstić information content (AvgIpc) is 3.86. The van der Waals surface area contributed by atoms with Crippen LogP contribution in [-0.4, -0.2) is 57.7 Å². The maximum absolute atomic E-state index is 15.3. The maximum Gasteiger partial charge on any atom is 0.266 e. The van der Waals surface area contributed by atoms with Crippen LogP contribution in [0.2, 0.25) is 18.6 Å². The van der Waals surface area contributed by atoms with Crippen molar-refractivity contribution < 1.29 is 29.0 Å². The molecular formula is C46H45N5O6Si. The number of hydrogen-bond donors (Lipinski definition) is 2. The van der Waals surface area contributed by atoms with Gasteiger partial charge < -0.3 is 24.3 Å². The number of benzene rings is 5. The van der Waals surface area contributed by atoms with E-state index in [1.165, 1.54) is 0 Å². The summed E-state index contributed by atoms with van der Waals surface area (Å²) in [5.41, 5.74) is 3.69. The number of carbonyl (C=O) groups is 2. The molecule has 2 amide bonds. The van der Waals surface area contributed by atoms with Gasteiger partial charge >= 0.3 is 0 Å². The standard InChI is InChI=1S/C46H45N5O6Si/c1-30-43(58(2,3)55)42(24-25-49-28-37(47-48-49)35(29-52)32-16-8-5-9-17-32)57-46(30)36-26-33(22-23-38(36)50(45(46)54)27-31-14-6-4-7-15-31)51-39-19-11-13-21-41(39)56-40-20-12-10-18-34(40)44(51)53/h4-23,26,28,30,35,42-43,52,55H,24-25,27,29H2,1-3H3/t30-,35?,42+,43-,46+/m0/s1. The van der Waals surface area contributed by atoms with Crippen LogP contribution in [0, 0.1) is 5.92 Å². The molecule has 58 heavy (non-hydrogen) atoms. The van der Waals surface area contributed by atoms with E-state index in [1.54, 1.807) is 26.6 Å². The van der Waals surface area contributed by atoms with Crippen LogP contribution in [0.4, 0.5) is 17.1 Å². The van der Waals surface area contributed by atoms with Gasteiger partial charge in [-0.15, -0.1) is 5.10 Å². The fourth-order valence-corrected chi connectivity index (χ4v) is 12.0. The van der Waals surface area contributed by atoms with Crippen molar-refractivity contribution in [1.82, 2.24) is 15.0 Å². The number of aromatic nitrogens is 3. The van der Waals surface area contributed by atoms with E-state index in [9.17, 15) is 14.7 Å². The lowest BCUT2D eigenvalue weighted by atomic mass is 9.82. The van der Waals surface area contributed by atoms with E-state index < -0.39 is 25.9 Å². The Balaban J connectivity index is 1.12. The van der Waals surface area contributed by atoms with Gasteiger partial charge in [0.1, 0.15) is 5.75 Å². The first-order chi connectivity index (χ1) is 28.1. The van der Waals surface area contributed by atoms with E-state index in [2.05, 4.69) is 10.3 Å². The third kappa shape index (κ3) is 6.33. The molecule has 0 bridgehead atoms. The minimum atomic E-state index is -3.00. The van der Waals surface area contributed by atoms with Crippen molar-refractivity contribution in [2.45, 2.75) is 62.7 Å². The summed E-state index contributed by atoms with van der Waals surface area (Å²) < 4.78 is 15.3. The van der Waals surface area contributed by atoms with Crippen LogP contribution in [0.15, 0.2) is 134 Å². The molecule has 1 aromatic heterocycles. The van der Waals surface area contributed by atoms with Crippen molar-refractivity contribution in [2.24, 2.45) is 5.92 Å². The Bertz CT molecular complexity index is 2490. The van der Waals surface area contributed by atoms with Crippen LogP contribution in [-0.2, 0) is 28.2 Å². The Hall–Kier alpha value is -5.92. The number of rotatable bonds is 10. The number of aliphatic hydroxyl groups is 1. The molecule has 5 aromatic carbocycles. The van der Waals surface area contributed by atoms with Crippen molar-refractivity contribution in [3.8, 4) is 11.5 Å². The molecule has 9 rings (SSSR count). The van der Waals surface area contributed by atoms with Crippen LogP contribution < -0.4 is 14.5 Å². The SMILES string of the molecule is C[C@H]1[C@H]([Si](C)(C)O)[C@@H](CCn2cc(C(CO)c3ccccc3)nn2)O[C@]12C(=O)N(Cc1ccccc1)c1ccc(N3C(=O)c4ccccc4Oc4ccccc43)cc12. The summed E-state index contributed by atoms with van der Waals surface area (Å²) in [6.45, 7) is 6.46. The van der Waals surface area contributed by atoms with Gasteiger partial charge in [-0.2, -0.15) is 0 Å². The topological polar surface area (TPSA) is 130 Å². The Morgan fingerprint density at radius 2 is 1.53 bits per heavy atom. The minimum absolute atomic E-state index is 0.113. The predicted octanol–water partition coefficient (Wildman–Crippen LogP) is 7.92. The number of carbonyl (C=O) groups excluding carboxylic acids is 2. The van der Waals surface area contributed by atoms with Crippen LogP contribution in [0.25, 0.3) is 0 Å². The number of ether oxygens (including phenoxy) is 2. The highest BCUT2D eigenvalue weighted by molar-refractivity contribution is 6.71. The summed E-state index contributed by atoms with van der Waals surface area (Å²) in [6.07, 6.45) is 1.80. The highest BCUT2D eigenvalue weighted by Crippen LogP contribution is 2.60. The van der Waals surface area contributed by atoms with Crippen molar-refractivity contribution in [1.29, 1.82) is 0 Å². The molecule has 1 fully saturated rings. The average molecular weight is 792 g/mol. The van der Waals surface area contributed by atoms with Crippen LogP contribution in [0.1, 0.15) is 52.0 Å².